The van der Waals surface area contributed by atoms with E-state index in [9.17, 15) is 9.59 Å². The van der Waals surface area contributed by atoms with Crippen LogP contribution in [0.5, 0.6) is 5.75 Å². The number of aromatic amines is 1. The van der Waals surface area contributed by atoms with E-state index in [1.54, 1.807) is 30.3 Å². The Morgan fingerprint density at radius 2 is 1.93 bits per heavy atom. The molecule has 0 aliphatic carbocycles. The summed E-state index contributed by atoms with van der Waals surface area (Å²) in [6, 6.07) is 14.0. The van der Waals surface area contributed by atoms with Crippen molar-refractivity contribution in [3.8, 4) is 17.1 Å². The molecule has 1 heterocycles. The van der Waals surface area contributed by atoms with Crippen molar-refractivity contribution in [3.63, 3.8) is 0 Å². The van der Waals surface area contributed by atoms with Crippen molar-refractivity contribution in [1.29, 1.82) is 0 Å². The van der Waals surface area contributed by atoms with Gasteiger partial charge in [0.2, 0.25) is 0 Å². The lowest BCUT2D eigenvalue weighted by molar-refractivity contribution is -0.119. The van der Waals surface area contributed by atoms with Crippen LogP contribution in [-0.4, -0.2) is 28.4 Å². The molecule has 0 saturated heterocycles. The quantitative estimate of drug-likeness (QED) is 0.624. The van der Waals surface area contributed by atoms with Gasteiger partial charge in [0.25, 0.3) is 11.8 Å². The van der Waals surface area contributed by atoms with Gasteiger partial charge in [-0.25, -0.2) is 4.98 Å². The number of ether oxygens (including phenoxy) is 1. The molecular formula is C20H20N4O3. The smallest absolute Gasteiger partial charge is 0.259 e. The van der Waals surface area contributed by atoms with Gasteiger partial charge in [-0.2, -0.15) is 0 Å². The van der Waals surface area contributed by atoms with E-state index in [-0.39, 0.29) is 12.5 Å². The molecule has 3 rings (SSSR count). The second kappa shape index (κ2) is 7.74. The van der Waals surface area contributed by atoms with E-state index in [2.05, 4.69) is 15.3 Å². The standard InChI is InChI=1S/C20H20N4O3/c1-12-13(2)23-19(22-12)14-6-5-7-15(10-14)24-20(26)16-8-3-4-9-17(16)27-11-18(21)25/h3-10H,11H2,1-2H3,(H2,21,25)(H,22,23)(H,24,26). The van der Waals surface area contributed by atoms with Gasteiger partial charge >= 0.3 is 0 Å². The molecule has 0 aliphatic heterocycles. The van der Waals surface area contributed by atoms with Crippen LogP contribution in [0.3, 0.4) is 0 Å². The molecular weight excluding hydrogens is 344 g/mol. The van der Waals surface area contributed by atoms with E-state index < -0.39 is 5.91 Å². The monoisotopic (exact) mass is 364 g/mol. The van der Waals surface area contributed by atoms with Gasteiger partial charge in [0.05, 0.1) is 11.3 Å². The Hall–Kier alpha value is -3.61. The highest BCUT2D eigenvalue weighted by molar-refractivity contribution is 6.06. The fraction of sp³-hybridized carbons (Fsp3) is 0.150. The molecule has 0 saturated carbocycles. The van der Waals surface area contributed by atoms with Gasteiger partial charge in [0, 0.05) is 16.9 Å². The summed E-state index contributed by atoms with van der Waals surface area (Å²) in [5.74, 6) is 0.0782. The summed E-state index contributed by atoms with van der Waals surface area (Å²) in [5.41, 5.74) is 8.83. The molecule has 4 N–H and O–H groups in total. The van der Waals surface area contributed by atoms with E-state index in [0.29, 0.717) is 17.0 Å². The largest absolute Gasteiger partial charge is 0.483 e. The number of nitrogens with two attached hydrogens (primary N) is 1. The fourth-order valence-corrected chi connectivity index (χ4v) is 2.56. The molecule has 0 atom stereocenters. The molecule has 0 radical (unpaired) electrons. The van der Waals surface area contributed by atoms with Crippen molar-refractivity contribution >= 4 is 17.5 Å². The van der Waals surface area contributed by atoms with Gasteiger partial charge in [-0.05, 0) is 38.1 Å². The third-order valence-corrected chi connectivity index (χ3v) is 4.02. The van der Waals surface area contributed by atoms with Gasteiger partial charge in [-0.15, -0.1) is 0 Å². The molecule has 2 amide bonds. The molecule has 0 fully saturated rings. The van der Waals surface area contributed by atoms with E-state index >= 15 is 0 Å². The number of rotatable bonds is 6. The summed E-state index contributed by atoms with van der Waals surface area (Å²) in [6.07, 6.45) is 0. The highest BCUT2D eigenvalue weighted by Gasteiger charge is 2.14. The maximum absolute atomic E-state index is 12.7. The Kier molecular flexibility index (Phi) is 5.21. The Morgan fingerprint density at radius 3 is 2.63 bits per heavy atom. The van der Waals surface area contributed by atoms with E-state index in [0.717, 1.165) is 22.8 Å². The van der Waals surface area contributed by atoms with Crippen LogP contribution < -0.4 is 15.8 Å². The minimum atomic E-state index is -0.609. The number of carbonyl (C=O) groups excluding carboxylic acids is 2. The predicted octanol–water partition coefficient (Wildman–Crippen LogP) is 2.81. The number of benzene rings is 2. The number of amides is 2. The van der Waals surface area contributed by atoms with Crippen LogP contribution in [-0.2, 0) is 4.79 Å². The molecule has 7 nitrogen and oxygen atoms in total. The molecule has 0 spiro atoms. The van der Waals surface area contributed by atoms with Gasteiger partial charge in [-0.3, -0.25) is 9.59 Å². The summed E-state index contributed by atoms with van der Waals surface area (Å²) in [6.45, 7) is 3.60. The molecule has 2 aromatic carbocycles. The average molecular weight is 364 g/mol. The van der Waals surface area contributed by atoms with Crippen molar-refractivity contribution in [1.82, 2.24) is 9.97 Å². The van der Waals surface area contributed by atoms with Crippen molar-refractivity contribution in [2.75, 3.05) is 11.9 Å². The average Bonchev–Trinajstić information content (AvgIpc) is 2.99. The van der Waals surface area contributed by atoms with Crippen LogP contribution >= 0.6 is 0 Å². The van der Waals surface area contributed by atoms with Crippen LogP contribution in [0.1, 0.15) is 21.7 Å². The number of nitrogens with one attached hydrogen (secondary N) is 2. The van der Waals surface area contributed by atoms with E-state index in [1.165, 1.54) is 0 Å². The van der Waals surface area contributed by atoms with Gasteiger partial charge in [0.15, 0.2) is 6.61 Å². The van der Waals surface area contributed by atoms with Crippen molar-refractivity contribution in [3.05, 3.63) is 65.5 Å². The summed E-state index contributed by atoms with van der Waals surface area (Å²) in [4.78, 5) is 31.3. The van der Waals surface area contributed by atoms with Gasteiger partial charge < -0.3 is 20.8 Å². The fourth-order valence-electron chi connectivity index (χ4n) is 2.56. The molecule has 0 bridgehead atoms. The summed E-state index contributed by atoms with van der Waals surface area (Å²) < 4.78 is 5.32. The third-order valence-electron chi connectivity index (χ3n) is 4.02. The first-order valence-corrected chi connectivity index (χ1v) is 8.39. The maximum atomic E-state index is 12.7. The zero-order valence-electron chi connectivity index (χ0n) is 15.1. The van der Waals surface area contributed by atoms with Crippen molar-refractivity contribution in [2.45, 2.75) is 13.8 Å². The molecule has 27 heavy (non-hydrogen) atoms. The first-order valence-electron chi connectivity index (χ1n) is 8.39. The first kappa shape index (κ1) is 18.2. The molecule has 7 heteroatoms. The second-order valence-electron chi connectivity index (χ2n) is 6.08. The van der Waals surface area contributed by atoms with Crippen LogP contribution in [0, 0.1) is 13.8 Å². The zero-order chi connectivity index (χ0) is 19.4. The lowest BCUT2D eigenvalue weighted by Crippen LogP contribution is -2.21. The highest BCUT2D eigenvalue weighted by Crippen LogP contribution is 2.23. The normalized spacial score (nSPS) is 10.4. The zero-order valence-corrected chi connectivity index (χ0v) is 15.1. The van der Waals surface area contributed by atoms with E-state index in [1.807, 2.05) is 32.0 Å². The lowest BCUT2D eigenvalue weighted by atomic mass is 10.1. The van der Waals surface area contributed by atoms with Crippen LogP contribution in [0.4, 0.5) is 5.69 Å². The topological polar surface area (TPSA) is 110 Å². The van der Waals surface area contributed by atoms with Crippen LogP contribution in [0.25, 0.3) is 11.4 Å². The first-order chi connectivity index (χ1) is 12.9. The summed E-state index contributed by atoms with van der Waals surface area (Å²) in [5, 5.41) is 2.84. The molecule has 3 aromatic rings. The molecule has 138 valence electrons. The number of aryl methyl sites for hydroxylation is 2. The SMILES string of the molecule is Cc1nc(-c2cccc(NC(=O)c3ccccc3OCC(N)=O)c2)[nH]c1C. The number of para-hydroxylation sites is 1. The molecule has 0 unspecified atom stereocenters. The predicted molar refractivity (Wildman–Crippen MR) is 103 cm³/mol. The van der Waals surface area contributed by atoms with Crippen molar-refractivity contribution in [2.24, 2.45) is 5.73 Å². The number of H-pyrrole nitrogens is 1. The van der Waals surface area contributed by atoms with Crippen molar-refractivity contribution < 1.29 is 14.3 Å². The second-order valence-corrected chi connectivity index (χ2v) is 6.08. The number of carbonyl (C=O) groups is 2. The minimum absolute atomic E-state index is 0.294. The number of imidazole rings is 1. The summed E-state index contributed by atoms with van der Waals surface area (Å²) >= 11 is 0. The Morgan fingerprint density at radius 1 is 1.15 bits per heavy atom. The Labute approximate surface area is 156 Å². The van der Waals surface area contributed by atoms with Crippen LogP contribution in [0.2, 0.25) is 0 Å². The van der Waals surface area contributed by atoms with Crippen LogP contribution in [0.15, 0.2) is 48.5 Å². The number of anilines is 1. The number of hydrogen-bond acceptors (Lipinski definition) is 4. The van der Waals surface area contributed by atoms with Gasteiger partial charge in [0.1, 0.15) is 11.6 Å². The number of nitrogens with zero attached hydrogens (tertiary/aromatic N) is 1. The molecule has 1 aromatic heterocycles. The number of hydrogen-bond donors (Lipinski definition) is 3. The third kappa shape index (κ3) is 4.33. The number of aromatic nitrogens is 2. The molecule has 0 aliphatic rings. The highest BCUT2D eigenvalue weighted by atomic mass is 16.5. The minimum Gasteiger partial charge on any atom is -0.483 e. The van der Waals surface area contributed by atoms with E-state index in [4.69, 9.17) is 10.5 Å². The summed E-state index contributed by atoms with van der Waals surface area (Å²) in [7, 11) is 0. The van der Waals surface area contributed by atoms with Gasteiger partial charge in [-0.1, -0.05) is 24.3 Å². The number of primary amides is 1. The Bertz CT molecular complexity index is 975. The Balaban J connectivity index is 1.81. The maximum Gasteiger partial charge on any atom is 0.259 e. The lowest BCUT2D eigenvalue weighted by Gasteiger charge is -2.11.